The normalized spacial score (nSPS) is 10.4. The van der Waals surface area contributed by atoms with Crippen LogP contribution in [0.25, 0.3) is 0 Å². The zero-order valence-electron chi connectivity index (χ0n) is 7.66. The van der Waals surface area contributed by atoms with Gasteiger partial charge in [0.1, 0.15) is 0 Å². The van der Waals surface area contributed by atoms with Gasteiger partial charge in [0, 0.05) is 6.21 Å². The van der Waals surface area contributed by atoms with Crippen LogP contribution in [-0.4, -0.2) is 12.2 Å². The van der Waals surface area contributed by atoms with Crippen molar-refractivity contribution < 1.29 is 0 Å². The highest BCUT2D eigenvalue weighted by Crippen LogP contribution is 2.00. The van der Waals surface area contributed by atoms with E-state index in [1.807, 2.05) is 0 Å². The van der Waals surface area contributed by atoms with Crippen LogP contribution >= 0.6 is 0 Å². The molecule has 0 spiro atoms. The van der Waals surface area contributed by atoms with Gasteiger partial charge in [0.2, 0.25) is 5.96 Å². The van der Waals surface area contributed by atoms with Crippen molar-refractivity contribution in [2.24, 2.45) is 21.7 Å². The van der Waals surface area contributed by atoms with Crippen molar-refractivity contribution in [3.8, 4) is 0 Å². The molecule has 0 aromatic heterocycles. The summed E-state index contributed by atoms with van der Waals surface area (Å²) in [6.45, 7) is 2.19. The van der Waals surface area contributed by atoms with Crippen molar-refractivity contribution in [3.63, 3.8) is 0 Å². The summed E-state index contributed by atoms with van der Waals surface area (Å²) in [4.78, 5) is 0. The molecule has 4 heteroatoms. The molecule has 0 saturated heterocycles. The van der Waals surface area contributed by atoms with Gasteiger partial charge < -0.3 is 11.5 Å². The molecule has 4 N–H and O–H groups in total. The predicted molar refractivity (Wildman–Crippen MR) is 53.1 cm³/mol. The molecule has 0 radical (unpaired) electrons. The summed E-state index contributed by atoms with van der Waals surface area (Å²) < 4.78 is 0. The van der Waals surface area contributed by atoms with Crippen LogP contribution in [0.3, 0.4) is 0 Å². The zero-order valence-corrected chi connectivity index (χ0v) is 7.66. The van der Waals surface area contributed by atoms with Crippen molar-refractivity contribution >= 4 is 12.2 Å². The van der Waals surface area contributed by atoms with E-state index >= 15 is 0 Å². The Morgan fingerprint density at radius 1 is 1.25 bits per heavy atom. The number of guanidine groups is 1. The van der Waals surface area contributed by atoms with Crippen molar-refractivity contribution in [1.82, 2.24) is 0 Å². The van der Waals surface area contributed by atoms with Crippen LogP contribution in [0.15, 0.2) is 10.2 Å². The van der Waals surface area contributed by atoms with Crippen molar-refractivity contribution in [2.75, 3.05) is 0 Å². The molecular formula is C8H18N4. The molecule has 0 aliphatic rings. The standard InChI is InChI=1S/C8H18N4/c1-2-3-4-5-6-7-11-12-8(9)10/h7H,2-6H2,1H3,(H4,9,10,12)/b11-7-. The Morgan fingerprint density at radius 3 is 2.58 bits per heavy atom. The fraction of sp³-hybridized carbons (Fsp3) is 0.750. The Morgan fingerprint density at radius 2 is 2.00 bits per heavy atom. The van der Waals surface area contributed by atoms with E-state index in [1.165, 1.54) is 19.3 Å². The van der Waals surface area contributed by atoms with E-state index in [2.05, 4.69) is 17.1 Å². The van der Waals surface area contributed by atoms with Gasteiger partial charge in [-0.3, -0.25) is 0 Å². The van der Waals surface area contributed by atoms with E-state index in [0.717, 1.165) is 12.8 Å². The summed E-state index contributed by atoms with van der Waals surface area (Å²) in [5, 5.41) is 7.17. The summed E-state index contributed by atoms with van der Waals surface area (Å²) in [5.74, 6) is 0.0137. The van der Waals surface area contributed by atoms with Crippen molar-refractivity contribution in [1.29, 1.82) is 0 Å². The minimum Gasteiger partial charge on any atom is -0.369 e. The van der Waals surface area contributed by atoms with Gasteiger partial charge in [0.25, 0.3) is 0 Å². The van der Waals surface area contributed by atoms with Gasteiger partial charge in [-0.25, -0.2) is 0 Å². The number of hydrogen-bond acceptors (Lipinski definition) is 2. The Labute approximate surface area is 73.7 Å². The molecule has 0 aliphatic carbocycles. The van der Waals surface area contributed by atoms with Crippen LogP contribution in [0.2, 0.25) is 0 Å². The first-order chi connectivity index (χ1) is 5.77. The summed E-state index contributed by atoms with van der Waals surface area (Å²) in [7, 11) is 0. The molecule has 0 fully saturated rings. The molecular weight excluding hydrogens is 152 g/mol. The zero-order chi connectivity index (χ0) is 9.23. The van der Waals surface area contributed by atoms with E-state index < -0.39 is 0 Å². The molecule has 0 saturated carbocycles. The number of rotatable bonds is 6. The molecule has 0 aliphatic heterocycles. The molecule has 0 heterocycles. The molecule has 0 bridgehead atoms. The molecule has 0 amide bonds. The highest BCUT2D eigenvalue weighted by Gasteiger charge is 1.84. The Kier molecular flexibility index (Phi) is 7.33. The van der Waals surface area contributed by atoms with Gasteiger partial charge in [-0.15, -0.1) is 5.10 Å². The average molecular weight is 170 g/mol. The Balaban J connectivity index is 3.19. The molecule has 12 heavy (non-hydrogen) atoms. The van der Waals surface area contributed by atoms with E-state index in [0.29, 0.717) is 0 Å². The first kappa shape index (κ1) is 10.9. The van der Waals surface area contributed by atoms with Crippen LogP contribution in [0.1, 0.15) is 39.0 Å². The third-order valence-electron chi connectivity index (χ3n) is 1.44. The third-order valence-corrected chi connectivity index (χ3v) is 1.44. The third kappa shape index (κ3) is 8.94. The van der Waals surface area contributed by atoms with Crippen LogP contribution in [-0.2, 0) is 0 Å². The second-order valence-corrected chi connectivity index (χ2v) is 2.67. The van der Waals surface area contributed by atoms with E-state index in [1.54, 1.807) is 6.21 Å². The monoisotopic (exact) mass is 170 g/mol. The number of hydrogen-bond donors (Lipinski definition) is 2. The van der Waals surface area contributed by atoms with Crippen molar-refractivity contribution in [3.05, 3.63) is 0 Å². The molecule has 70 valence electrons. The maximum absolute atomic E-state index is 5.07. The lowest BCUT2D eigenvalue weighted by Gasteiger charge is -1.92. The lowest BCUT2D eigenvalue weighted by Crippen LogP contribution is -2.21. The van der Waals surface area contributed by atoms with Gasteiger partial charge in [-0.2, -0.15) is 5.10 Å². The average Bonchev–Trinajstić information content (AvgIpc) is 2.02. The molecule has 0 aromatic rings. The van der Waals surface area contributed by atoms with Crippen LogP contribution in [0.4, 0.5) is 0 Å². The second-order valence-electron chi connectivity index (χ2n) is 2.67. The van der Waals surface area contributed by atoms with Gasteiger partial charge in [0.15, 0.2) is 0 Å². The molecule has 4 nitrogen and oxygen atoms in total. The summed E-state index contributed by atoms with van der Waals surface area (Å²) >= 11 is 0. The SMILES string of the molecule is CCCCCC/C=N\N=C(N)N. The van der Waals surface area contributed by atoms with Gasteiger partial charge in [0.05, 0.1) is 0 Å². The van der Waals surface area contributed by atoms with E-state index in [4.69, 9.17) is 11.5 Å². The second kappa shape index (κ2) is 8.04. The molecule has 0 aromatic carbocycles. The quantitative estimate of drug-likeness (QED) is 0.272. The molecule has 0 unspecified atom stereocenters. The van der Waals surface area contributed by atoms with Crippen LogP contribution < -0.4 is 11.5 Å². The Bertz CT molecular complexity index is 147. The van der Waals surface area contributed by atoms with E-state index in [9.17, 15) is 0 Å². The fourth-order valence-electron chi connectivity index (χ4n) is 0.828. The lowest BCUT2D eigenvalue weighted by molar-refractivity contribution is 0.685. The first-order valence-electron chi connectivity index (χ1n) is 4.37. The number of nitrogens with zero attached hydrogens (tertiary/aromatic N) is 2. The highest BCUT2D eigenvalue weighted by atomic mass is 15.3. The lowest BCUT2D eigenvalue weighted by atomic mass is 10.2. The summed E-state index contributed by atoms with van der Waals surface area (Å²) in [6.07, 6.45) is 7.66. The van der Waals surface area contributed by atoms with Crippen molar-refractivity contribution in [2.45, 2.75) is 39.0 Å². The number of nitrogens with two attached hydrogens (primary N) is 2. The fourth-order valence-corrected chi connectivity index (χ4v) is 0.828. The van der Waals surface area contributed by atoms with Crippen LogP contribution in [0.5, 0.6) is 0 Å². The topological polar surface area (TPSA) is 76.8 Å². The smallest absolute Gasteiger partial charge is 0.211 e. The summed E-state index contributed by atoms with van der Waals surface area (Å²) in [5.41, 5.74) is 10.1. The largest absolute Gasteiger partial charge is 0.369 e. The molecule has 0 rings (SSSR count). The van der Waals surface area contributed by atoms with Gasteiger partial charge in [-0.1, -0.05) is 26.2 Å². The van der Waals surface area contributed by atoms with Gasteiger partial charge in [-0.05, 0) is 12.8 Å². The number of unbranched alkanes of at least 4 members (excludes halogenated alkanes) is 4. The summed E-state index contributed by atoms with van der Waals surface area (Å²) in [6, 6.07) is 0. The predicted octanol–water partition coefficient (Wildman–Crippen LogP) is 1.22. The highest BCUT2D eigenvalue weighted by molar-refractivity contribution is 5.76. The minimum absolute atomic E-state index is 0.0137. The van der Waals surface area contributed by atoms with Crippen LogP contribution in [0, 0.1) is 0 Å². The van der Waals surface area contributed by atoms with Gasteiger partial charge >= 0.3 is 0 Å². The first-order valence-corrected chi connectivity index (χ1v) is 4.37. The van der Waals surface area contributed by atoms with E-state index in [-0.39, 0.29) is 5.96 Å². The maximum Gasteiger partial charge on any atom is 0.211 e. The molecule has 0 atom stereocenters. The maximum atomic E-state index is 5.07. The minimum atomic E-state index is 0.0137. The Hall–Kier alpha value is -1.06.